The van der Waals surface area contributed by atoms with Crippen molar-refractivity contribution in [3.63, 3.8) is 0 Å². The number of benzene rings is 4. The zero-order valence-corrected chi connectivity index (χ0v) is 35.3. The molecule has 60 heavy (non-hydrogen) atoms. The van der Waals surface area contributed by atoms with Gasteiger partial charge in [0.25, 0.3) is 11.8 Å². The molecule has 4 aromatic rings. The third-order valence-electron chi connectivity index (χ3n) is 12.1. The maximum atomic E-state index is 13.6. The van der Waals surface area contributed by atoms with Crippen molar-refractivity contribution in [2.24, 2.45) is 0 Å². The van der Waals surface area contributed by atoms with E-state index in [2.05, 4.69) is 27.4 Å². The maximum absolute atomic E-state index is 13.6. The molecule has 1 saturated carbocycles. The van der Waals surface area contributed by atoms with Crippen LogP contribution in [0.2, 0.25) is 0 Å². The van der Waals surface area contributed by atoms with Crippen LogP contribution < -0.4 is 15.4 Å². The fourth-order valence-electron chi connectivity index (χ4n) is 8.71. The molecule has 2 N–H and O–H groups in total. The molecule has 0 radical (unpaired) electrons. The Morgan fingerprint density at radius 2 is 1.38 bits per heavy atom. The topological polar surface area (TPSA) is 73.9 Å². The number of likely N-dealkylation sites (tertiary alicyclic amines) is 2. The van der Waals surface area contributed by atoms with Crippen molar-refractivity contribution in [1.29, 1.82) is 0 Å². The molecule has 3 unspecified atom stereocenters. The minimum absolute atomic E-state index is 0.00854. The van der Waals surface area contributed by atoms with Crippen LogP contribution in [0.4, 0.5) is 26.3 Å². The Morgan fingerprint density at radius 1 is 0.767 bits per heavy atom. The summed E-state index contributed by atoms with van der Waals surface area (Å²) in [7, 11) is 5.32. The Kier molecular flexibility index (Phi) is 13.7. The van der Waals surface area contributed by atoms with Crippen molar-refractivity contribution in [2.45, 2.75) is 85.7 Å². The Bertz CT molecular complexity index is 2110. The minimum atomic E-state index is -4.53. The third-order valence-corrected chi connectivity index (χ3v) is 12.9. The molecule has 0 bridgehead atoms. The first-order chi connectivity index (χ1) is 28.4. The van der Waals surface area contributed by atoms with Crippen molar-refractivity contribution < 1.29 is 40.7 Å². The number of rotatable bonds is 9. The summed E-state index contributed by atoms with van der Waals surface area (Å²) in [5, 5.41) is 6.41. The number of carbonyl (C=O) groups excluding carboxylic acids is 2. The zero-order chi connectivity index (χ0) is 43.5. The van der Waals surface area contributed by atoms with Crippen molar-refractivity contribution in [3.8, 4) is 5.75 Å². The van der Waals surface area contributed by atoms with Gasteiger partial charge in [0.2, 0.25) is 0 Å². The second-order valence-electron chi connectivity index (χ2n) is 16.1. The molecule has 0 aromatic heterocycles. The van der Waals surface area contributed by atoms with Crippen molar-refractivity contribution in [1.82, 2.24) is 20.4 Å². The number of hydrogen-bond donors (Lipinski definition) is 2. The Balaban J connectivity index is 0.000000202. The molecular weight excluding hydrogens is 803 g/mol. The van der Waals surface area contributed by atoms with Crippen LogP contribution in [-0.2, 0) is 23.4 Å². The van der Waals surface area contributed by atoms with Gasteiger partial charge in [0.05, 0.1) is 34.9 Å². The fraction of sp³-hybridized carbons (Fsp3) is 0.435. The quantitative estimate of drug-likeness (QED) is 0.129. The van der Waals surface area contributed by atoms with Crippen molar-refractivity contribution in [3.05, 3.63) is 130 Å². The lowest BCUT2D eigenvalue weighted by atomic mass is 9.76. The number of alkyl halides is 6. The van der Waals surface area contributed by atoms with E-state index in [1.54, 1.807) is 6.26 Å². The summed E-state index contributed by atoms with van der Waals surface area (Å²) in [5.41, 5.74) is 0.259. The minimum Gasteiger partial charge on any atom is -0.496 e. The van der Waals surface area contributed by atoms with Gasteiger partial charge in [0.15, 0.2) is 0 Å². The second kappa shape index (κ2) is 18.2. The van der Waals surface area contributed by atoms with Gasteiger partial charge in [-0.05, 0) is 132 Å². The first kappa shape index (κ1) is 45.0. The number of ether oxygens (including phenoxy) is 1. The number of thioether (sulfide) groups is 1. The van der Waals surface area contributed by atoms with Crippen LogP contribution in [0, 0.1) is 0 Å². The smallest absolute Gasteiger partial charge is 0.416 e. The van der Waals surface area contributed by atoms with Crippen LogP contribution in [0.15, 0.2) is 95.9 Å². The van der Waals surface area contributed by atoms with Gasteiger partial charge in [0.1, 0.15) is 5.75 Å². The van der Waals surface area contributed by atoms with Crippen LogP contribution >= 0.6 is 11.8 Å². The SMILES string of the molecule is CN1CCCC(NC(=O)c2ccc(C(F)(F)F)cc2C2CC2)(c2ccccc2)C1.COc1cc(C(F)(F)F)cc(SC)c1C(=O)NC1(c2ccccc2)CCCN(C)C1C. The van der Waals surface area contributed by atoms with Crippen molar-refractivity contribution in [2.75, 3.05) is 47.1 Å². The summed E-state index contributed by atoms with van der Waals surface area (Å²) in [6, 6.07) is 25.0. The highest BCUT2D eigenvalue weighted by atomic mass is 32.2. The maximum Gasteiger partial charge on any atom is 0.416 e. The van der Waals surface area contributed by atoms with Crippen molar-refractivity contribution >= 4 is 23.6 Å². The summed E-state index contributed by atoms with van der Waals surface area (Å²) in [5.74, 6) is -0.780. The molecule has 4 aromatic carbocycles. The highest BCUT2D eigenvalue weighted by Crippen LogP contribution is 2.45. The van der Waals surface area contributed by atoms with Crippen LogP contribution in [-0.4, -0.2) is 74.8 Å². The van der Waals surface area contributed by atoms with E-state index >= 15 is 0 Å². The summed E-state index contributed by atoms with van der Waals surface area (Å²) >= 11 is 1.09. The molecule has 2 heterocycles. The molecule has 14 heteroatoms. The summed E-state index contributed by atoms with van der Waals surface area (Å²) in [6.07, 6.45) is -2.28. The molecule has 2 amide bonds. The van der Waals surface area contributed by atoms with E-state index in [4.69, 9.17) is 4.74 Å². The molecule has 7 nitrogen and oxygen atoms in total. The van der Waals surface area contributed by atoms with E-state index in [0.29, 0.717) is 17.7 Å². The highest BCUT2D eigenvalue weighted by molar-refractivity contribution is 7.98. The molecule has 2 aliphatic heterocycles. The molecule has 3 fully saturated rings. The highest BCUT2D eigenvalue weighted by Gasteiger charge is 2.45. The summed E-state index contributed by atoms with van der Waals surface area (Å²) < 4.78 is 84.8. The van der Waals surface area contributed by atoms with Crippen LogP contribution in [0.1, 0.15) is 99.9 Å². The van der Waals surface area contributed by atoms with Crippen LogP contribution in [0.25, 0.3) is 0 Å². The first-order valence-corrected chi connectivity index (χ1v) is 21.3. The van der Waals surface area contributed by atoms with Gasteiger partial charge in [-0.2, -0.15) is 26.3 Å². The number of piperidine rings is 2. The van der Waals surface area contributed by atoms with Gasteiger partial charge in [-0.3, -0.25) is 9.59 Å². The molecular formula is C46H52F6N4O3S. The lowest BCUT2D eigenvalue weighted by molar-refractivity contribution is -0.138. The number of hydrogen-bond acceptors (Lipinski definition) is 6. The van der Waals surface area contributed by atoms with Gasteiger partial charge < -0.3 is 25.2 Å². The van der Waals surface area contributed by atoms with Gasteiger partial charge >= 0.3 is 12.4 Å². The third kappa shape index (κ3) is 9.81. The average molecular weight is 855 g/mol. The van der Waals surface area contributed by atoms with Gasteiger partial charge in [-0.15, -0.1) is 11.8 Å². The molecule has 3 aliphatic rings. The van der Waals surface area contributed by atoms with Crippen LogP contribution in [0.5, 0.6) is 5.75 Å². The number of likely N-dealkylation sites (N-methyl/N-ethyl adjacent to an activating group) is 2. The zero-order valence-electron chi connectivity index (χ0n) is 34.5. The molecule has 2 saturated heterocycles. The number of methoxy groups -OCH3 is 1. The predicted octanol–water partition coefficient (Wildman–Crippen LogP) is 10.1. The van der Waals surface area contributed by atoms with E-state index in [0.717, 1.165) is 98.8 Å². The van der Waals surface area contributed by atoms with Gasteiger partial charge in [0, 0.05) is 23.0 Å². The monoisotopic (exact) mass is 854 g/mol. The summed E-state index contributed by atoms with van der Waals surface area (Å²) in [4.78, 5) is 31.5. The largest absolute Gasteiger partial charge is 0.496 e. The first-order valence-electron chi connectivity index (χ1n) is 20.1. The van der Waals surface area contributed by atoms with E-state index in [1.807, 2.05) is 74.8 Å². The van der Waals surface area contributed by atoms with E-state index in [9.17, 15) is 35.9 Å². The van der Waals surface area contributed by atoms with E-state index < -0.39 is 40.5 Å². The van der Waals surface area contributed by atoms with Gasteiger partial charge in [-0.25, -0.2) is 0 Å². The molecule has 322 valence electrons. The standard InChI is InChI=1S/C23H27F3N2O2S.C23H25F3N2O/c1-15-22(11-8-12-28(15)2,16-9-6-5-7-10-16)27-21(29)20-18(30-3)13-17(23(24,25)26)14-19(20)31-4;1-28-13-5-12-22(15-28,17-6-3-2-4-7-17)27-21(29)19-11-10-18(23(24,25)26)14-20(19)16-8-9-16/h5-7,9-10,13-15H,8,11-12H2,1-4H3,(H,27,29);2-4,6-7,10-11,14,16H,5,8-9,12-13,15H2,1H3,(H,27,29). The Labute approximate surface area is 352 Å². The number of amides is 2. The normalized spacial score (nSPS) is 22.6. The number of carbonyl (C=O) groups is 2. The van der Waals surface area contributed by atoms with E-state index in [-0.39, 0.29) is 34.1 Å². The lowest BCUT2D eigenvalue weighted by Crippen LogP contribution is -2.61. The molecule has 3 atom stereocenters. The molecule has 1 aliphatic carbocycles. The number of halogens is 6. The predicted molar refractivity (Wildman–Crippen MR) is 222 cm³/mol. The molecule has 7 rings (SSSR count). The number of nitrogens with one attached hydrogen (secondary N) is 2. The second-order valence-corrected chi connectivity index (χ2v) is 17.0. The van der Waals surface area contributed by atoms with Crippen LogP contribution in [0.3, 0.4) is 0 Å². The van der Waals surface area contributed by atoms with E-state index in [1.165, 1.54) is 13.2 Å². The lowest BCUT2D eigenvalue weighted by Gasteiger charge is -2.48. The average Bonchev–Trinajstić information content (AvgIpc) is 4.08. The Hall–Kier alpha value is -4.53. The number of nitrogens with zero attached hydrogens (tertiary/aromatic N) is 2. The fourth-order valence-corrected chi connectivity index (χ4v) is 9.35. The van der Waals surface area contributed by atoms with Gasteiger partial charge in [-0.1, -0.05) is 60.7 Å². The molecule has 0 spiro atoms. The summed E-state index contributed by atoms with van der Waals surface area (Å²) in [6.45, 7) is 4.59. The Morgan fingerprint density at radius 3 is 1.95 bits per heavy atom.